The quantitative estimate of drug-likeness (QED) is 0.726. The molecule has 16 heavy (non-hydrogen) atoms. The molecule has 3 nitrogen and oxygen atoms in total. The number of aliphatic hydroxyl groups is 1. The zero-order chi connectivity index (χ0) is 11.3. The van der Waals surface area contributed by atoms with Gasteiger partial charge in [-0.3, -0.25) is 4.90 Å². The van der Waals surface area contributed by atoms with Gasteiger partial charge in [0.05, 0.1) is 19.3 Å². The molecule has 3 saturated carbocycles. The first-order valence-corrected chi connectivity index (χ1v) is 6.60. The first kappa shape index (κ1) is 11.0. The molecule has 3 aliphatic carbocycles. The molecule has 4 fully saturated rings. The summed E-state index contributed by atoms with van der Waals surface area (Å²) in [6.45, 7) is 8.42. The van der Waals surface area contributed by atoms with Gasteiger partial charge in [-0.05, 0) is 30.1 Å². The second kappa shape index (κ2) is 3.69. The lowest BCUT2D eigenvalue weighted by Crippen LogP contribution is -2.66. The Bertz CT molecular complexity index is 273. The fourth-order valence-electron chi connectivity index (χ4n) is 4.11. The van der Waals surface area contributed by atoms with Gasteiger partial charge in [0, 0.05) is 19.1 Å². The highest BCUT2D eigenvalue weighted by molar-refractivity contribution is 5.09. The number of nitrogens with zero attached hydrogens (tertiary/aromatic N) is 1. The molecule has 4 atom stereocenters. The van der Waals surface area contributed by atoms with Gasteiger partial charge >= 0.3 is 0 Å². The highest BCUT2D eigenvalue weighted by Gasteiger charge is 2.58. The van der Waals surface area contributed by atoms with Crippen molar-refractivity contribution in [2.75, 3.05) is 26.3 Å². The lowest BCUT2D eigenvalue weighted by Gasteiger charge is -2.63. The molecule has 0 spiro atoms. The summed E-state index contributed by atoms with van der Waals surface area (Å²) in [5, 5.41) is 10.3. The van der Waals surface area contributed by atoms with Crippen LogP contribution in [0.5, 0.6) is 0 Å². The normalized spacial score (nSPS) is 47.4. The van der Waals surface area contributed by atoms with Gasteiger partial charge in [-0.25, -0.2) is 0 Å². The monoisotopic (exact) mass is 225 g/mol. The van der Waals surface area contributed by atoms with Gasteiger partial charge in [-0.1, -0.05) is 13.8 Å². The summed E-state index contributed by atoms with van der Waals surface area (Å²) in [4.78, 5) is 2.47. The second-order valence-electron chi connectivity index (χ2n) is 6.30. The smallest absolute Gasteiger partial charge is 0.0701 e. The van der Waals surface area contributed by atoms with Crippen molar-refractivity contribution >= 4 is 0 Å². The SMILES string of the molecule is CC1(C)[C@@H]2CC(O)C(N3CCOCC3)[C@H]1C2. The highest BCUT2D eigenvalue weighted by Crippen LogP contribution is 2.60. The van der Waals surface area contributed by atoms with Crippen LogP contribution in [0.2, 0.25) is 0 Å². The third kappa shape index (κ3) is 1.45. The average Bonchev–Trinajstić information content (AvgIpc) is 2.29. The van der Waals surface area contributed by atoms with Gasteiger partial charge in [0.2, 0.25) is 0 Å². The topological polar surface area (TPSA) is 32.7 Å². The summed E-state index contributed by atoms with van der Waals surface area (Å²) < 4.78 is 5.40. The minimum Gasteiger partial charge on any atom is -0.391 e. The fourth-order valence-corrected chi connectivity index (χ4v) is 4.11. The van der Waals surface area contributed by atoms with Gasteiger partial charge in [0.1, 0.15) is 0 Å². The molecular weight excluding hydrogens is 202 g/mol. The standard InChI is InChI=1S/C13H23NO2/c1-13(2)9-7-10(13)12(11(15)8-9)14-3-5-16-6-4-14/h9-12,15H,3-8H2,1-2H3/t9-,10+,11?,12?/m0/s1. The van der Waals surface area contributed by atoms with E-state index in [1.807, 2.05) is 0 Å². The van der Waals surface area contributed by atoms with Crippen LogP contribution < -0.4 is 0 Å². The van der Waals surface area contributed by atoms with Crippen molar-refractivity contribution in [2.45, 2.75) is 38.8 Å². The maximum Gasteiger partial charge on any atom is 0.0701 e. The summed E-state index contributed by atoms with van der Waals surface area (Å²) in [7, 11) is 0. The predicted octanol–water partition coefficient (Wildman–Crippen LogP) is 1.11. The molecule has 0 aromatic carbocycles. The van der Waals surface area contributed by atoms with E-state index >= 15 is 0 Å². The Labute approximate surface area is 97.8 Å². The van der Waals surface area contributed by atoms with Crippen LogP contribution in [0.25, 0.3) is 0 Å². The molecule has 1 aliphatic heterocycles. The summed E-state index contributed by atoms with van der Waals surface area (Å²) in [5.74, 6) is 1.45. The molecule has 0 amide bonds. The number of ether oxygens (including phenoxy) is 1. The van der Waals surface area contributed by atoms with Crippen molar-refractivity contribution < 1.29 is 9.84 Å². The molecule has 0 aromatic heterocycles. The van der Waals surface area contributed by atoms with Crippen LogP contribution in [-0.4, -0.2) is 48.5 Å². The third-order valence-electron chi connectivity index (χ3n) is 5.35. The largest absolute Gasteiger partial charge is 0.391 e. The molecule has 92 valence electrons. The lowest BCUT2D eigenvalue weighted by molar-refractivity contribution is -0.180. The van der Waals surface area contributed by atoms with Crippen molar-refractivity contribution in [3.05, 3.63) is 0 Å². The number of rotatable bonds is 1. The number of hydrogen-bond acceptors (Lipinski definition) is 3. The number of hydrogen-bond donors (Lipinski definition) is 1. The Morgan fingerprint density at radius 2 is 1.88 bits per heavy atom. The van der Waals surface area contributed by atoms with Crippen LogP contribution >= 0.6 is 0 Å². The second-order valence-corrected chi connectivity index (χ2v) is 6.30. The van der Waals surface area contributed by atoms with E-state index in [0.29, 0.717) is 17.4 Å². The molecule has 2 bridgehead atoms. The van der Waals surface area contributed by atoms with Crippen LogP contribution in [0, 0.1) is 17.3 Å². The maximum atomic E-state index is 10.3. The fraction of sp³-hybridized carbons (Fsp3) is 1.00. The zero-order valence-electron chi connectivity index (χ0n) is 10.4. The summed E-state index contributed by atoms with van der Waals surface area (Å²) in [6.07, 6.45) is 2.23. The first-order chi connectivity index (χ1) is 7.60. The van der Waals surface area contributed by atoms with Crippen LogP contribution in [0.15, 0.2) is 0 Å². The molecule has 1 N–H and O–H groups in total. The Morgan fingerprint density at radius 1 is 1.19 bits per heavy atom. The van der Waals surface area contributed by atoms with Gasteiger partial charge < -0.3 is 9.84 Å². The predicted molar refractivity (Wildman–Crippen MR) is 62.2 cm³/mol. The van der Waals surface area contributed by atoms with E-state index in [-0.39, 0.29) is 6.10 Å². The lowest BCUT2D eigenvalue weighted by atomic mass is 9.46. The van der Waals surface area contributed by atoms with Crippen LogP contribution in [0.1, 0.15) is 26.7 Å². The Morgan fingerprint density at radius 3 is 2.50 bits per heavy atom. The summed E-state index contributed by atoms with van der Waals surface area (Å²) in [5.41, 5.74) is 0.447. The summed E-state index contributed by atoms with van der Waals surface area (Å²) >= 11 is 0. The minimum absolute atomic E-state index is 0.102. The van der Waals surface area contributed by atoms with E-state index in [2.05, 4.69) is 18.7 Å². The Balaban J connectivity index is 1.76. The Kier molecular flexibility index (Phi) is 2.54. The van der Waals surface area contributed by atoms with E-state index in [4.69, 9.17) is 4.74 Å². The van der Waals surface area contributed by atoms with E-state index < -0.39 is 0 Å². The number of morpholine rings is 1. The molecule has 1 heterocycles. The van der Waals surface area contributed by atoms with Gasteiger partial charge in [0.25, 0.3) is 0 Å². The molecular formula is C13H23NO2. The van der Waals surface area contributed by atoms with Crippen LogP contribution in [0.3, 0.4) is 0 Å². The molecule has 2 unspecified atom stereocenters. The van der Waals surface area contributed by atoms with Crippen molar-refractivity contribution in [3.8, 4) is 0 Å². The minimum atomic E-state index is -0.102. The van der Waals surface area contributed by atoms with Crippen molar-refractivity contribution in [1.82, 2.24) is 4.90 Å². The van der Waals surface area contributed by atoms with E-state index in [9.17, 15) is 5.11 Å². The maximum absolute atomic E-state index is 10.3. The van der Waals surface area contributed by atoms with Crippen molar-refractivity contribution in [2.24, 2.45) is 17.3 Å². The van der Waals surface area contributed by atoms with E-state index in [1.165, 1.54) is 6.42 Å². The molecule has 1 saturated heterocycles. The van der Waals surface area contributed by atoms with E-state index in [1.54, 1.807) is 0 Å². The van der Waals surface area contributed by atoms with Crippen molar-refractivity contribution in [3.63, 3.8) is 0 Å². The van der Waals surface area contributed by atoms with Crippen LogP contribution in [-0.2, 0) is 4.74 Å². The molecule has 0 aromatic rings. The van der Waals surface area contributed by atoms with Crippen LogP contribution in [0.4, 0.5) is 0 Å². The van der Waals surface area contributed by atoms with E-state index in [0.717, 1.165) is 38.6 Å². The van der Waals surface area contributed by atoms with Gasteiger partial charge in [-0.15, -0.1) is 0 Å². The highest BCUT2D eigenvalue weighted by atomic mass is 16.5. The van der Waals surface area contributed by atoms with Crippen molar-refractivity contribution in [1.29, 1.82) is 0 Å². The molecule has 4 aliphatic rings. The van der Waals surface area contributed by atoms with Gasteiger partial charge in [0.15, 0.2) is 0 Å². The number of fused-ring (bicyclic) bond motifs is 2. The molecule has 0 radical (unpaired) electrons. The summed E-state index contributed by atoms with van der Waals surface area (Å²) in [6, 6.07) is 0.392. The Hall–Kier alpha value is -0.120. The first-order valence-electron chi connectivity index (χ1n) is 6.60. The number of aliphatic hydroxyl groups excluding tert-OH is 1. The molecule has 3 heteroatoms. The third-order valence-corrected chi connectivity index (χ3v) is 5.35. The van der Waals surface area contributed by atoms with Gasteiger partial charge in [-0.2, -0.15) is 0 Å². The molecule has 4 rings (SSSR count). The average molecular weight is 225 g/mol. The zero-order valence-corrected chi connectivity index (χ0v) is 10.4.